The molecule has 1 amide bonds. The number of carbonyl (C=O) groups is 1. The lowest BCUT2D eigenvalue weighted by Gasteiger charge is -2.25. The summed E-state index contributed by atoms with van der Waals surface area (Å²) in [4.78, 5) is 23.1. The van der Waals surface area contributed by atoms with E-state index in [0.29, 0.717) is 17.4 Å². The second kappa shape index (κ2) is 35.4. The SMILES string of the molecule is CCCCCCCC/C=C\CCCCCCCCCC(=O)NC(COP(=O)(O)OCC[N+](C)(C)C)C(O)/C=C/CC/C=C/CCCCCCCCC. The first-order valence-electron chi connectivity index (χ1n) is 21.4. The van der Waals surface area contributed by atoms with Crippen molar-refractivity contribution in [3.63, 3.8) is 0 Å². The molecule has 0 bridgehead atoms. The molecule has 0 aliphatic heterocycles. The van der Waals surface area contributed by atoms with E-state index >= 15 is 0 Å². The first kappa shape index (κ1) is 50.7. The molecule has 0 aromatic rings. The van der Waals surface area contributed by atoms with Gasteiger partial charge in [-0.15, -0.1) is 0 Å². The largest absolute Gasteiger partial charge is 0.472 e. The van der Waals surface area contributed by atoms with E-state index in [4.69, 9.17) is 9.05 Å². The quantitative estimate of drug-likeness (QED) is 0.0251. The van der Waals surface area contributed by atoms with E-state index in [1.54, 1.807) is 6.08 Å². The molecule has 3 unspecified atom stereocenters. The summed E-state index contributed by atoms with van der Waals surface area (Å²) in [6, 6.07) is -0.862. The van der Waals surface area contributed by atoms with Crippen molar-refractivity contribution in [3.8, 4) is 0 Å². The third-order valence-corrected chi connectivity index (χ3v) is 10.3. The molecular weight excluding hydrogens is 671 g/mol. The Hall–Kier alpha value is -1.28. The molecule has 0 aliphatic rings. The van der Waals surface area contributed by atoms with Gasteiger partial charge in [0.1, 0.15) is 13.2 Å². The van der Waals surface area contributed by atoms with Gasteiger partial charge < -0.3 is 19.8 Å². The lowest BCUT2D eigenvalue weighted by molar-refractivity contribution is -0.870. The van der Waals surface area contributed by atoms with Crippen LogP contribution in [0.5, 0.6) is 0 Å². The molecule has 0 saturated carbocycles. The molecule has 306 valence electrons. The molecule has 0 aromatic heterocycles. The zero-order valence-electron chi connectivity index (χ0n) is 34.5. The van der Waals surface area contributed by atoms with Crippen LogP contribution >= 0.6 is 7.82 Å². The van der Waals surface area contributed by atoms with Crippen molar-refractivity contribution in [1.82, 2.24) is 5.32 Å². The number of unbranched alkanes of at least 4 members (excludes halogenated alkanes) is 21. The smallest absolute Gasteiger partial charge is 0.387 e. The summed E-state index contributed by atoms with van der Waals surface area (Å²) in [5, 5.41) is 13.8. The molecule has 0 saturated heterocycles. The van der Waals surface area contributed by atoms with Crippen molar-refractivity contribution in [2.24, 2.45) is 0 Å². The van der Waals surface area contributed by atoms with E-state index < -0.39 is 20.0 Å². The number of likely N-dealkylation sites (N-methyl/N-ethyl adjacent to an activating group) is 1. The fourth-order valence-corrected chi connectivity index (χ4v) is 6.61. The molecule has 3 atom stereocenters. The Kier molecular flexibility index (Phi) is 34.6. The Morgan fingerprint density at radius 2 is 1.06 bits per heavy atom. The highest BCUT2D eigenvalue weighted by molar-refractivity contribution is 7.47. The molecule has 0 radical (unpaired) electrons. The number of nitrogens with one attached hydrogen (secondary N) is 1. The number of phosphoric acid groups is 1. The monoisotopic (exact) mass is 756 g/mol. The number of amides is 1. The van der Waals surface area contributed by atoms with Gasteiger partial charge >= 0.3 is 7.82 Å². The van der Waals surface area contributed by atoms with Gasteiger partial charge in [-0.2, -0.15) is 0 Å². The first-order chi connectivity index (χ1) is 25.0. The van der Waals surface area contributed by atoms with Crippen LogP contribution in [-0.4, -0.2) is 73.4 Å². The van der Waals surface area contributed by atoms with Gasteiger partial charge in [-0.1, -0.05) is 153 Å². The van der Waals surface area contributed by atoms with E-state index in [1.165, 1.54) is 122 Å². The lowest BCUT2D eigenvalue weighted by atomic mass is 10.1. The van der Waals surface area contributed by atoms with Gasteiger partial charge in [0.25, 0.3) is 0 Å². The normalized spacial score (nSPS) is 14.8. The van der Waals surface area contributed by atoms with Crippen LogP contribution < -0.4 is 5.32 Å². The zero-order chi connectivity index (χ0) is 38.6. The summed E-state index contributed by atoms with van der Waals surface area (Å²) in [6.07, 6.45) is 42.1. The van der Waals surface area contributed by atoms with E-state index in [0.717, 1.165) is 38.5 Å². The van der Waals surface area contributed by atoms with E-state index in [1.807, 2.05) is 27.2 Å². The number of aliphatic hydroxyl groups is 1. The Morgan fingerprint density at radius 3 is 1.54 bits per heavy atom. The average molecular weight is 756 g/mol. The van der Waals surface area contributed by atoms with Crippen LogP contribution in [0.2, 0.25) is 0 Å². The molecular formula is C43H84N2O6P+. The van der Waals surface area contributed by atoms with Gasteiger partial charge in [-0.05, 0) is 57.8 Å². The van der Waals surface area contributed by atoms with Crippen molar-refractivity contribution in [3.05, 3.63) is 36.5 Å². The minimum absolute atomic E-state index is 0.0552. The number of phosphoric ester groups is 1. The Balaban J connectivity index is 4.49. The van der Waals surface area contributed by atoms with E-state index in [9.17, 15) is 19.4 Å². The molecule has 0 fully saturated rings. The third-order valence-electron chi connectivity index (χ3n) is 9.33. The van der Waals surface area contributed by atoms with Crippen molar-refractivity contribution in [2.75, 3.05) is 40.9 Å². The summed E-state index contributed by atoms with van der Waals surface area (Å²) in [5.41, 5.74) is 0. The topological polar surface area (TPSA) is 105 Å². The number of rotatable bonds is 38. The summed E-state index contributed by atoms with van der Waals surface area (Å²) in [6.45, 7) is 4.76. The van der Waals surface area contributed by atoms with Crippen molar-refractivity contribution >= 4 is 13.7 Å². The van der Waals surface area contributed by atoms with Crippen LogP contribution in [-0.2, 0) is 18.4 Å². The lowest BCUT2D eigenvalue weighted by Crippen LogP contribution is -2.45. The highest BCUT2D eigenvalue weighted by atomic mass is 31.2. The Labute approximate surface area is 321 Å². The second-order valence-corrected chi connectivity index (χ2v) is 17.2. The van der Waals surface area contributed by atoms with Crippen LogP contribution in [0.3, 0.4) is 0 Å². The fraction of sp³-hybridized carbons (Fsp3) is 0.837. The predicted octanol–water partition coefficient (Wildman–Crippen LogP) is 11.5. The summed E-state index contributed by atoms with van der Waals surface area (Å²) in [5.74, 6) is -0.194. The highest BCUT2D eigenvalue weighted by Gasteiger charge is 2.27. The van der Waals surface area contributed by atoms with Crippen LogP contribution in [0.1, 0.15) is 181 Å². The van der Waals surface area contributed by atoms with Crippen LogP contribution in [0.15, 0.2) is 36.5 Å². The molecule has 3 N–H and O–H groups in total. The summed E-state index contributed by atoms with van der Waals surface area (Å²) >= 11 is 0. The molecule has 9 heteroatoms. The summed E-state index contributed by atoms with van der Waals surface area (Å²) in [7, 11) is 1.55. The molecule has 8 nitrogen and oxygen atoms in total. The van der Waals surface area contributed by atoms with E-state index in [-0.39, 0.29) is 19.1 Å². The highest BCUT2D eigenvalue weighted by Crippen LogP contribution is 2.43. The molecule has 0 heterocycles. The number of hydrogen-bond donors (Lipinski definition) is 3. The van der Waals surface area contributed by atoms with E-state index in [2.05, 4.69) is 43.5 Å². The van der Waals surface area contributed by atoms with Crippen molar-refractivity contribution < 1.29 is 32.9 Å². The number of hydrogen-bond acceptors (Lipinski definition) is 5. The number of nitrogens with zero attached hydrogens (tertiary/aromatic N) is 1. The van der Waals surface area contributed by atoms with Crippen molar-refractivity contribution in [2.45, 2.75) is 193 Å². The van der Waals surface area contributed by atoms with Crippen LogP contribution in [0.4, 0.5) is 0 Å². The van der Waals surface area contributed by atoms with Crippen molar-refractivity contribution in [1.29, 1.82) is 0 Å². The third kappa shape index (κ3) is 37.1. The van der Waals surface area contributed by atoms with Gasteiger partial charge in [0.15, 0.2) is 0 Å². The predicted molar refractivity (Wildman–Crippen MR) is 221 cm³/mol. The number of allylic oxidation sites excluding steroid dienone is 5. The Morgan fingerprint density at radius 1 is 0.635 bits per heavy atom. The maximum atomic E-state index is 12.8. The molecule has 0 aliphatic carbocycles. The fourth-order valence-electron chi connectivity index (χ4n) is 5.87. The van der Waals surface area contributed by atoms with Gasteiger partial charge in [0.2, 0.25) is 5.91 Å². The van der Waals surface area contributed by atoms with Gasteiger partial charge in [0.05, 0.1) is 39.9 Å². The van der Waals surface area contributed by atoms with Gasteiger partial charge in [-0.3, -0.25) is 13.8 Å². The number of quaternary nitrogens is 1. The van der Waals surface area contributed by atoms with Crippen LogP contribution in [0.25, 0.3) is 0 Å². The number of carbonyl (C=O) groups excluding carboxylic acids is 1. The zero-order valence-corrected chi connectivity index (χ0v) is 35.4. The maximum absolute atomic E-state index is 12.8. The van der Waals surface area contributed by atoms with Gasteiger partial charge in [-0.25, -0.2) is 4.57 Å². The molecule has 0 spiro atoms. The maximum Gasteiger partial charge on any atom is 0.472 e. The minimum atomic E-state index is -4.34. The molecule has 52 heavy (non-hydrogen) atoms. The molecule has 0 aromatic carbocycles. The van der Waals surface area contributed by atoms with Gasteiger partial charge in [0, 0.05) is 6.42 Å². The second-order valence-electron chi connectivity index (χ2n) is 15.7. The minimum Gasteiger partial charge on any atom is -0.387 e. The number of aliphatic hydroxyl groups excluding tert-OH is 1. The first-order valence-corrected chi connectivity index (χ1v) is 22.9. The average Bonchev–Trinajstić information content (AvgIpc) is 3.09. The van der Waals surface area contributed by atoms with Crippen LogP contribution in [0, 0.1) is 0 Å². The standard InChI is InChI=1S/C43H83N2O6P/c1-6-8-10-12-14-16-18-20-21-22-23-25-27-29-31-33-35-37-43(47)44-41(40-51-52(48,49)50-39-38-45(3,4)5)42(46)36-34-32-30-28-26-24-19-17-15-13-11-9-7-2/h20-21,26,28,34,36,41-42,46H,6-19,22-25,27,29-33,35,37-40H2,1-5H3,(H-,44,47,48,49)/p+1/b21-20-,28-26+,36-34+. The summed E-state index contributed by atoms with van der Waals surface area (Å²) < 4.78 is 23.5. The molecule has 0 rings (SSSR count). The Bertz CT molecular complexity index is 948.